The zero-order valence-corrected chi connectivity index (χ0v) is 12.5. The van der Waals surface area contributed by atoms with Crippen LogP contribution in [0.4, 0.5) is 0 Å². The van der Waals surface area contributed by atoms with Crippen molar-refractivity contribution in [1.82, 2.24) is 9.80 Å². The molecule has 1 heterocycles. The number of nitrogens with zero attached hydrogens (tertiary/aromatic N) is 2. The van der Waals surface area contributed by atoms with Gasteiger partial charge in [-0.1, -0.05) is 24.3 Å². The van der Waals surface area contributed by atoms with Crippen LogP contribution in [0.5, 0.6) is 0 Å². The monoisotopic (exact) mass is 277 g/mol. The van der Waals surface area contributed by atoms with Gasteiger partial charge in [0.1, 0.15) is 0 Å². The van der Waals surface area contributed by atoms with E-state index in [1.54, 1.807) is 0 Å². The van der Waals surface area contributed by atoms with Crippen LogP contribution in [0.15, 0.2) is 24.3 Å². The van der Waals surface area contributed by atoms with Crippen molar-refractivity contribution in [3.8, 4) is 0 Å². The molecule has 3 N–H and O–H groups in total. The average molecular weight is 277 g/mol. The lowest BCUT2D eigenvalue weighted by atomic mass is 9.99. The number of nitrogens with two attached hydrogens (primary N) is 1. The number of hydrogen-bond acceptors (Lipinski definition) is 4. The van der Waals surface area contributed by atoms with Crippen molar-refractivity contribution < 1.29 is 5.11 Å². The molecule has 112 valence electrons. The van der Waals surface area contributed by atoms with Gasteiger partial charge in [-0.3, -0.25) is 4.90 Å². The Bertz CT molecular complexity index is 402. The molecule has 1 aliphatic heterocycles. The maximum Gasteiger partial charge on any atom is 0.0558 e. The van der Waals surface area contributed by atoms with Crippen LogP contribution in [0.25, 0.3) is 0 Å². The van der Waals surface area contributed by atoms with Crippen molar-refractivity contribution >= 4 is 0 Å². The third-order valence-electron chi connectivity index (χ3n) is 4.23. The molecular weight excluding hydrogens is 250 g/mol. The topological polar surface area (TPSA) is 52.7 Å². The van der Waals surface area contributed by atoms with Gasteiger partial charge in [-0.2, -0.15) is 0 Å². The Kier molecular flexibility index (Phi) is 5.98. The van der Waals surface area contributed by atoms with Crippen LogP contribution in [0.3, 0.4) is 0 Å². The number of piperazine rings is 1. The summed E-state index contributed by atoms with van der Waals surface area (Å²) in [5.74, 6) is 0. The molecule has 20 heavy (non-hydrogen) atoms. The highest BCUT2D eigenvalue weighted by Crippen LogP contribution is 2.18. The first kappa shape index (κ1) is 15.4. The van der Waals surface area contributed by atoms with E-state index in [1.807, 2.05) is 0 Å². The maximum absolute atomic E-state index is 8.94. The van der Waals surface area contributed by atoms with Gasteiger partial charge in [-0.25, -0.2) is 0 Å². The maximum atomic E-state index is 8.94. The summed E-state index contributed by atoms with van der Waals surface area (Å²) in [6.45, 7) is 8.53. The van der Waals surface area contributed by atoms with Crippen LogP contribution in [-0.4, -0.2) is 60.8 Å². The zero-order chi connectivity index (χ0) is 14.4. The number of aliphatic hydroxyl groups is 1. The molecule has 0 aromatic heterocycles. The summed E-state index contributed by atoms with van der Waals surface area (Å²) < 4.78 is 0. The van der Waals surface area contributed by atoms with E-state index in [-0.39, 0.29) is 12.6 Å². The molecule has 1 aromatic rings. The van der Waals surface area contributed by atoms with E-state index in [4.69, 9.17) is 10.8 Å². The van der Waals surface area contributed by atoms with Crippen LogP contribution in [0.2, 0.25) is 0 Å². The van der Waals surface area contributed by atoms with E-state index in [0.717, 1.165) is 45.7 Å². The highest BCUT2D eigenvalue weighted by atomic mass is 16.3. The molecule has 0 amide bonds. The molecule has 0 spiro atoms. The van der Waals surface area contributed by atoms with E-state index in [0.29, 0.717) is 0 Å². The van der Waals surface area contributed by atoms with Gasteiger partial charge >= 0.3 is 0 Å². The summed E-state index contributed by atoms with van der Waals surface area (Å²) in [4.78, 5) is 4.80. The van der Waals surface area contributed by atoms with Crippen LogP contribution in [-0.2, 0) is 0 Å². The van der Waals surface area contributed by atoms with Gasteiger partial charge in [-0.15, -0.1) is 0 Å². The number of aryl methyl sites for hydroxylation is 1. The summed E-state index contributed by atoms with van der Waals surface area (Å²) in [5.41, 5.74) is 8.87. The number of aliphatic hydroxyl groups excluding tert-OH is 1. The van der Waals surface area contributed by atoms with Crippen molar-refractivity contribution in [3.63, 3.8) is 0 Å². The molecule has 1 aromatic carbocycles. The second-order valence-electron chi connectivity index (χ2n) is 5.66. The van der Waals surface area contributed by atoms with Gasteiger partial charge < -0.3 is 15.7 Å². The van der Waals surface area contributed by atoms with E-state index in [1.165, 1.54) is 11.1 Å². The molecule has 4 heteroatoms. The minimum absolute atomic E-state index is 0.131. The van der Waals surface area contributed by atoms with Gasteiger partial charge in [0.25, 0.3) is 0 Å². The van der Waals surface area contributed by atoms with Crippen LogP contribution < -0.4 is 5.73 Å². The van der Waals surface area contributed by atoms with E-state index in [9.17, 15) is 0 Å². The van der Waals surface area contributed by atoms with E-state index >= 15 is 0 Å². The summed E-state index contributed by atoms with van der Waals surface area (Å²) in [6.07, 6.45) is 1.00. The number of benzene rings is 1. The van der Waals surface area contributed by atoms with E-state index in [2.05, 4.69) is 41.0 Å². The fourth-order valence-corrected chi connectivity index (χ4v) is 2.86. The minimum atomic E-state index is 0.131. The summed E-state index contributed by atoms with van der Waals surface area (Å²) in [7, 11) is 0. The van der Waals surface area contributed by atoms with Crippen molar-refractivity contribution in [1.29, 1.82) is 0 Å². The highest BCUT2D eigenvalue weighted by Gasteiger charge is 2.17. The quantitative estimate of drug-likeness (QED) is 0.814. The Balaban J connectivity index is 1.75. The predicted molar refractivity (Wildman–Crippen MR) is 82.7 cm³/mol. The van der Waals surface area contributed by atoms with Gasteiger partial charge in [0.05, 0.1) is 6.61 Å². The first-order chi connectivity index (χ1) is 9.70. The van der Waals surface area contributed by atoms with Crippen LogP contribution in [0.1, 0.15) is 23.6 Å². The van der Waals surface area contributed by atoms with Crippen LogP contribution >= 0.6 is 0 Å². The van der Waals surface area contributed by atoms with Crippen molar-refractivity contribution in [2.75, 3.05) is 45.9 Å². The Hall–Kier alpha value is -0.940. The summed E-state index contributed by atoms with van der Waals surface area (Å²) in [6, 6.07) is 8.52. The number of hydrogen-bond donors (Lipinski definition) is 2. The van der Waals surface area contributed by atoms with Crippen LogP contribution in [0, 0.1) is 6.92 Å². The third kappa shape index (κ3) is 4.28. The fourth-order valence-electron chi connectivity index (χ4n) is 2.86. The molecule has 1 saturated heterocycles. The molecule has 0 bridgehead atoms. The number of rotatable bonds is 6. The molecule has 4 nitrogen and oxygen atoms in total. The number of β-amino-alcohol motifs (C(OH)–C–C–N with tert-alkyl or cyclic N) is 1. The molecule has 1 atom stereocenters. The first-order valence-electron chi connectivity index (χ1n) is 7.57. The fraction of sp³-hybridized carbons (Fsp3) is 0.625. The van der Waals surface area contributed by atoms with E-state index < -0.39 is 0 Å². The normalized spacial score (nSPS) is 19.1. The summed E-state index contributed by atoms with van der Waals surface area (Å²) in [5, 5.41) is 8.94. The molecule has 1 fully saturated rings. The Morgan fingerprint density at radius 2 is 1.70 bits per heavy atom. The molecule has 0 aliphatic carbocycles. The largest absolute Gasteiger partial charge is 0.395 e. The van der Waals surface area contributed by atoms with Gasteiger partial charge in [-0.05, 0) is 24.5 Å². The van der Waals surface area contributed by atoms with Gasteiger partial charge in [0, 0.05) is 45.3 Å². The molecule has 0 radical (unpaired) electrons. The Morgan fingerprint density at radius 1 is 1.10 bits per heavy atom. The molecular formula is C16H27N3O. The predicted octanol–water partition coefficient (Wildman–Crippen LogP) is 0.995. The summed E-state index contributed by atoms with van der Waals surface area (Å²) >= 11 is 0. The molecule has 1 unspecified atom stereocenters. The Morgan fingerprint density at radius 3 is 2.30 bits per heavy atom. The van der Waals surface area contributed by atoms with Crippen molar-refractivity contribution in [2.45, 2.75) is 19.4 Å². The first-order valence-corrected chi connectivity index (χ1v) is 7.57. The lowest BCUT2D eigenvalue weighted by molar-refractivity contribution is 0.110. The smallest absolute Gasteiger partial charge is 0.0558 e. The molecule has 1 aliphatic rings. The Labute approximate surface area is 122 Å². The van der Waals surface area contributed by atoms with Gasteiger partial charge in [0.2, 0.25) is 0 Å². The third-order valence-corrected chi connectivity index (χ3v) is 4.23. The van der Waals surface area contributed by atoms with Crippen molar-refractivity contribution in [2.24, 2.45) is 5.73 Å². The highest BCUT2D eigenvalue weighted by molar-refractivity contribution is 5.28. The van der Waals surface area contributed by atoms with Crippen molar-refractivity contribution in [3.05, 3.63) is 35.4 Å². The molecule has 2 rings (SSSR count). The molecule has 0 saturated carbocycles. The lowest BCUT2D eigenvalue weighted by Crippen LogP contribution is -2.47. The lowest BCUT2D eigenvalue weighted by Gasteiger charge is -2.34. The zero-order valence-electron chi connectivity index (χ0n) is 12.5. The van der Waals surface area contributed by atoms with Gasteiger partial charge in [0.15, 0.2) is 0 Å². The average Bonchev–Trinajstić information content (AvgIpc) is 2.47. The standard InChI is InChI=1S/C16H27N3O/c1-14-4-2-3-5-15(14)16(17)6-7-18-8-10-19(11-9-18)12-13-20/h2-5,16,20H,6-13,17H2,1H3. The SMILES string of the molecule is Cc1ccccc1C(N)CCN1CCN(CCO)CC1. The second-order valence-corrected chi connectivity index (χ2v) is 5.66. The second kappa shape index (κ2) is 7.74. The minimum Gasteiger partial charge on any atom is -0.395 e.